The van der Waals surface area contributed by atoms with Crippen molar-refractivity contribution < 1.29 is 9.53 Å². The molecule has 0 fully saturated rings. The summed E-state index contributed by atoms with van der Waals surface area (Å²) in [5.74, 6) is 0.834. The lowest BCUT2D eigenvalue weighted by atomic mass is 9.97. The lowest BCUT2D eigenvalue weighted by Crippen LogP contribution is -2.15. The van der Waals surface area contributed by atoms with Crippen LogP contribution in [0.1, 0.15) is 28.4 Å². The van der Waals surface area contributed by atoms with E-state index in [2.05, 4.69) is 21.2 Å². The minimum atomic E-state index is -0.105. The maximum Gasteiger partial charge on any atom is 0.165 e. The topological polar surface area (TPSA) is 38.3 Å². The molecule has 26 heavy (non-hydrogen) atoms. The number of hydrogen-bond donors (Lipinski definition) is 1. The zero-order chi connectivity index (χ0) is 18.4. The minimum absolute atomic E-state index is 0.0890. The average Bonchev–Trinajstić information content (AvgIpc) is 2.70. The monoisotopic (exact) mass is 409 g/mol. The first-order valence-electron chi connectivity index (χ1n) is 8.40. The highest BCUT2D eigenvalue weighted by atomic mass is 79.9. The molecule has 3 aromatic carbocycles. The third kappa shape index (κ3) is 4.73. The number of Topliss-reactive ketones (excluding diaryl/α,β-unsaturated/α-hetero) is 1. The molecule has 0 bridgehead atoms. The van der Waals surface area contributed by atoms with E-state index in [1.54, 1.807) is 7.11 Å². The molecule has 132 valence electrons. The molecular weight excluding hydrogens is 390 g/mol. The van der Waals surface area contributed by atoms with Crippen molar-refractivity contribution in [2.75, 3.05) is 12.4 Å². The molecule has 3 aromatic rings. The van der Waals surface area contributed by atoms with Crippen LogP contribution in [0, 0.1) is 0 Å². The molecule has 0 aliphatic carbocycles. The first-order valence-corrected chi connectivity index (χ1v) is 9.19. The van der Waals surface area contributed by atoms with Crippen molar-refractivity contribution in [3.8, 4) is 5.75 Å². The van der Waals surface area contributed by atoms with Gasteiger partial charge in [-0.05, 0) is 54.1 Å². The highest BCUT2D eigenvalue weighted by Crippen LogP contribution is 2.26. The Balaban J connectivity index is 1.80. The fourth-order valence-electron chi connectivity index (χ4n) is 2.77. The lowest BCUT2D eigenvalue weighted by Gasteiger charge is -2.20. The molecule has 1 unspecified atom stereocenters. The standard InChI is InChI=1S/C22H20BrNO2/c1-26-20-13-7-17(8-14-20)22(25)15-21(16-5-3-2-4-6-16)24-19-11-9-18(23)10-12-19/h2-14,21,24H,15H2,1H3. The maximum atomic E-state index is 12.8. The zero-order valence-electron chi connectivity index (χ0n) is 14.5. The summed E-state index contributed by atoms with van der Waals surface area (Å²) in [6.45, 7) is 0. The fourth-order valence-corrected chi connectivity index (χ4v) is 3.03. The third-order valence-corrected chi connectivity index (χ3v) is 4.72. The van der Waals surface area contributed by atoms with Crippen LogP contribution in [0.25, 0.3) is 0 Å². The molecular formula is C22H20BrNO2. The van der Waals surface area contributed by atoms with Crippen molar-refractivity contribution in [2.24, 2.45) is 0 Å². The number of ketones is 1. The molecule has 1 N–H and O–H groups in total. The Hall–Kier alpha value is -2.59. The Morgan fingerprint density at radius 1 is 0.962 bits per heavy atom. The van der Waals surface area contributed by atoms with Crippen molar-refractivity contribution in [1.82, 2.24) is 0 Å². The molecule has 0 aliphatic heterocycles. The molecule has 0 saturated heterocycles. The van der Waals surface area contributed by atoms with E-state index in [0.717, 1.165) is 21.5 Å². The number of anilines is 1. The summed E-state index contributed by atoms with van der Waals surface area (Å²) in [4.78, 5) is 12.8. The van der Waals surface area contributed by atoms with E-state index in [4.69, 9.17) is 4.74 Å². The van der Waals surface area contributed by atoms with E-state index >= 15 is 0 Å². The van der Waals surface area contributed by atoms with Crippen LogP contribution < -0.4 is 10.1 Å². The van der Waals surface area contributed by atoms with Crippen molar-refractivity contribution in [1.29, 1.82) is 0 Å². The number of carbonyl (C=O) groups excluding carboxylic acids is 1. The van der Waals surface area contributed by atoms with Gasteiger partial charge in [0.1, 0.15) is 5.75 Å². The summed E-state index contributed by atoms with van der Waals surface area (Å²) >= 11 is 3.45. The Kier molecular flexibility index (Phi) is 6.08. The summed E-state index contributed by atoms with van der Waals surface area (Å²) in [6, 6.07) is 25.1. The molecule has 1 atom stereocenters. The number of benzene rings is 3. The summed E-state index contributed by atoms with van der Waals surface area (Å²) in [5.41, 5.74) is 2.74. The normalized spacial score (nSPS) is 11.6. The molecule has 4 heteroatoms. The van der Waals surface area contributed by atoms with Crippen LogP contribution in [-0.2, 0) is 0 Å². The van der Waals surface area contributed by atoms with Crippen molar-refractivity contribution in [3.05, 3.63) is 94.5 Å². The first kappa shape index (κ1) is 18.2. The number of hydrogen-bond acceptors (Lipinski definition) is 3. The van der Waals surface area contributed by atoms with E-state index < -0.39 is 0 Å². The SMILES string of the molecule is COc1ccc(C(=O)CC(Nc2ccc(Br)cc2)c2ccccc2)cc1. The van der Waals surface area contributed by atoms with Crippen LogP contribution in [0.5, 0.6) is 5.75 Å². The van der Waals surface area contributed by atoms with E-state index in [9.17, 15) is 4.79 Å². The number of halogens is 1. The zero-order valence-corrected chi connectivity index (χ0v) is 16.1. The van der Waals surface area contributed by atoms with Crippen molar-refractivity contribution >= 4 is 27.4 Å². The maximum absolute atomic E-state index is 12.8. The van der Waals surface area contributed by atoms with Crippen LogP contribution in [0.2, 0.25) is 0 Å². The Morgan fingerprint density at radius 3 is 2.23 bits per heavy atom. The highest BCUT2D eigenvalue weighted by Gasteiger charge is 2.17. The van der Waals surface area contributed by atoms with Gasteiger partial charge in [0.25, 0.3) is 0 Å². The van der Waals surface area contributed by atoms with Crippen molar-refractivity contribution in [3.63, 3.8) is 0 Å². The first-order chi connectivity index (χ1) is 12.7. The van der Waals surface area contributed by atoms with Gasteiger partial charge in [0, 0.05) is 22.1 Å². The second kappa shape index (κ2) is 8.68. The van der Waals surface area contributed by atoms with Gasteiger partial charge in [-0.1, -0.05) is 46.3 Å². The van der Waals surface area contributed by atoms with Gasteiger partial charge in [0.05, 0.1) is 13.2 Å². The number of ether oxygens (including phenoxy) is 1. The van der Waals surface area contributed by atoms with Gasteiger partial charge in [-0.2, -0.15) is 0 Å². The number of nitrogens with one attached hydrogen (secondary N) is 1. The van der Waals surface area contributed by atoms with E-state index in [1.165, 1.54) is 0 Å². The van der Waals surface area contributed by atoms with Crippen molar-refractivity contribution in [2.45, 2.75) is 12.5 Å². The molecule has 0 radical (unpaired) electrons. The average molecular weight is 410 g/mol. The molecule has 0 spiro atoms. The lowest BCUT2D eigenvalue weighted by molar-refractivity contribution is 0.0976. The largest absolute Gasteiger partial charge is 0.497 e. The summed E-state index contributed by atoms with van der Waals surface area (Å²) in [7, 11) is 1.62. The van der Waals surface area contributed by atoms with E-state index in [-0.39, 0.29) is 11.8 Å². The molecule has 0 heterocycles. The molecule has 0 saturated carbocycles. The third-order valence-electron chi connectivity index (χ3n) is 4.19. The Bertz CT molecular complexity index is 846. The molecule has 3 rings (SSSR count). The second-order valence-electron chi connectivity index (χ2n) is 5.97. The summed E-state index contributed by atoms with van der Waals surface area (Å²) < 4.78 is 6.18. The molecule has 0 amide bonds. The smallest absolute Gasteiger partial charge is 0.165 e. The fraction of sp³-hybridized carbons (Fsp3) is 0.136. The Labute approximate surface area is 162 Å². The van der Waals surface area contributed by atoms with Crippen LogP contribution in [0.4, 0.5) is 5.69 Å². The van der Waals surface area contributed by atoms with Gasteiger partial charge in [-0.25, -0.2) is 0 Å². The summed E-state index contributed by atoms with van der Waals surface area (Å²) in [6.07, 6.45) is 0.367. The van der Waals surface area contributed by atoms with Gasteiger partial charge < -0.3 is 10.1 Å². The van der Waals surface area contributed by atoms with Crippen LogP contribution in [0.15, 0.2) is 83.3 Å². The van der Waals surface area contributed by atoms with E-state index in [1.807, 2.05) is 78.9 Å². The molecule has 0 aromatic heterocycles. The van der Waals surface area contributed by atoms with Crippen LogP contribution in [0.3, 0.4) is 0 Å². The number of methoxy groups -OCH3 is 1. The van der Waals surface area contributed by atoms with Crippen LogP contribution in [-0.4, -0.2) is 12.9 Å². The Morgan fingerprint density at radius 2 is 1.62 bits per heavy atom. The van der Waals surface area contributed by atoms with Gasteiger partial charge >= 0.3 is 0 Å². The number of carbonyl (C=O) groups is 1. The number of rotatable bonds is 7. The molecule has 3 nitrogen and oxygen atoms in total. The molecule has 0 aliphatic rings. The van der Waals surface area contributed by atoms with Gasteiger partial charge in [0.15, 0.2) is 5.78 Å². The van der Waals surface area contributed by atoms with Gasteiger partial charge in [0.2, 0.25) is 0 Å². The quantitative estimate of drug-likeness (QED) is 0.494. The minimum Gasteiger partial charge on any atom is -0.497 e. The van der Waals surface area contributed by atoms with Gasteiger partial charge in [-0.3, -0.25) is 4.79 Å². The predicted octanol–water partition coefficient (Wildman–Crippen LogP) is 5.88. The highest BCUT2D eigenvalue weighted by molar-refractivity contribution is 9.10. The second-order valence-corrected chi connectivity index (χ2v) is 6.89. The van der Waals surface area contributed by atoms with E-state index in [0.29, 0.717) is 12.0 Å². The predicted molar refractivity (Wildman–Crippen MR) is 109 cm³/mol. The summed E-state index contributed by atoms with van der Waals surface area (Å²) in [5, 5.41) is 3.48. The van der Waals surface area contributed by atoms with Crippen LogP contribution >= 0.6 is 15.9 Å². The van der Waals surface area contributed by atoms with Gasteiger partial charge in [-0.15, -0.1) is 0 Å².